The highest BCUT2D eigenvalue weighted by molar-refractivity contribution is 7.99. The number of carbonyl (C=O) groups excluding carboxylic acids is 1. The maximum absolute atomic E-state index is 12.0. The van der Waals surface area contributed by atoms with Crippen LogP contribution in [-0.4, -0.2) is 39.3 Å². The molecule has 0 atom stereocenters. The Bertz CT molecular complexity index is 644. The molecule has 0 bridgehead atoms. The predicted octanol–water partition coefficient (Wildman–Crippen LogP) is 1.43. The van der Waals surface area contributed by atoms with Crippen LogP contribution in [-0.2, 0) is 4.79 Å². The van der Waals surface area contributed by atoms with Gasteiger partial charge in [0.2, 0.25) is 11.1 Å². The zero-order chi connectivity index (χ0) is 16.2. The summed E-state index contributed by atoms with van der Waals surface area (Å²) in [5.41, 5.74) is 0.742. The van der Waals surface area contributed by atoms with Crippen LogP contribution >= 0.6 is 11.8 Å². The molecule has 10 heteroatoms. The third-order valence-electron chi connectivity index (χ3n) is 2.51. The lowest BCUT2D eigenvalue weighted by molar-refractivity contribution is -0.136. The van der Waals surface area contributed by atoms with Crippen LogP contribution in [0.25, 0.3) is 11.4 Å². The van der Waals surface area contributed by atoms with Gasteiger partial charge >= 0.3 is 6.18 Å². The van der Waals surface area contributed by atoms with E-state index >= 15 is 0 Å². The van der Waals surface area contributed by atoms with Crippen LogP contribution in [0.15, 0.2) is 35.5 Å². The van der Waals surface area contributed by atoms with Crippen molar-refractivity contribution in [2.24, 2.45) is 0 Å². The van der Waals surface area contributed by atoms with E-state index in [0.717, 1.165) is 17.3 Å². The van der Waals surface area contributed by atoms with Gasteiger partial charge in [-0.1, -0.05) is 42.1 Å². The van der Waals surface area contributed by atoms with Crippen molar-refractivity contribution in [3.63, 3.8) is 0 Å². The van der Waals surface area contributed by atoms with Gasteiger partial charge in [0, 0.05) is 5.56 Å². The number of carbonyl (C=O) groups is 1. The highest BCUT2D eigenvalue weighted by atomic mass is 32.2. The molecule has 3 N–H and O–H groups in total. The van der Waals surface area contributed by atoms with E-state index in [0.29, 0.717) is 5.82 Å². The third kappa shape index (κ3) is 4.38. The van der Waals surface area contributed by atoms with Crippen molar-refractivity contribution in [2.45, 2.75) is 11.3 Å². The monoisotopic (exact) mass is 331 g/mol. The Morgan fingerprint density at radius 2 is 1.95 bits per heavy atom. The van der Waals surface area contributed by atoms with Crippen molar-refractivity contribution in [3.05, 3.63) is 30.3 Å². The maximum atomic E-state index is 12.0. The smallest absolute Gasteiger partial charge is 0.346 e. The minimum absolute atomic E-state index is 0.236. The third-order valence-corrected chi connectivity index (χ3v) is 3.46. The fourth-order valence-electron chi connectivity index (χ4n) is 1.54. The first-order valence-electron chi connectivity index (χ1n) is 6.09. The molecule has 1 aromatic heterocycles. The fraction of sp³-hybridized carbons (Fsp3) is 0.250. The fourth-order valence-corrected chi connectivity index (χ4v) is 2.23. The molecule has 1 amide bonds. The summed E-state index contributed by atoms with van der Waals surface area (Å²) in [5.74, 6) is 5.23. The molecule has 0 radical (unpaired) electrons. The highest BCUT2D eigenvalue weighted by Gasteiger charge is 2.27. The number of nitrogens with zero attached hydrogens (tertiary/aromatic N) is 3. The average molecular weight is 331 g/mol. The van der Waals surface area contributed by atoms with Crippen molar-refractivity contribution in [1.82, 2.24) is 20.2 Å². The molecular formula is C12H12F3N5OS. The molecule has 0 unspecified atom stereocenters. The number of nitrogens with one attached hydrogen (secondary N) is 1. The van der Waals surface area contributed by atoms with Gasteiger partial charge in [0.15, 0.2) is 5.82 Å². The Kier molecular flexibility index (Phi) is 4.91. The Labute approximate surface area is 127 Å². The van der Waals surface area contributed by atoms with Crippen molar-refractivity contribution in [2.75, 3.05) is 18.1 Å². The number of amides is 1. The number of thioether (sulfide) groups is 1. The van der Waals surface area contributed by atoms with E-state index in [9.17, 15) is 18.0 Å². The first-order chi connectivity index (χ1) is 10.4. The molecule has 22 heavy (non-hydrogen) atoms. The van der Waals surface area contributed by atoms with Crippen molar-refractivity contribution < 1.29 is 18.0 Å². The van der Waals surface area contributed by atoms with E-state index < -0.39 is 18.6 Å². The van der Waals surface area contributed by atoms with Gasteiger partial charge in [-0.05, 0) is 0 Å². The van der Waals surface area contributed by atoms with Crippen molar-refractivity contribution in [1.29, 1.82) is 0 Å². The summed E-state index contributed by atoms with van der Waals surface area (Å²) in [7, 11) is 0. The van der Waals surface area contributed by atoms with Crippen LogP contribution in [0.5, 0.6) is 0 Å². The SMILES string of the molecule is Nn1c(SCC(=O)NCC(F)(F)F)nnc1-c1ccccc1. The molecule has 0 saturated carbocycles. The number of halogens is 3. The quantitative estimate of drug-likeness (QED) is 0.639. The molecule has 0 aliphatic rings. The van der Waals surface area contributed by atoms with Gasteiger partial charge in [-0.15, -0.1) is 10.2 Å². The first kappa shape index (κ1) is 16.1. The standard InChI is InChI=1S/C12H12F3N5OS/c13-12(14,15)7-17-9(21)6-22-11-19-18-10(20(11)16)8-4-2-1-3-5-8/h1-5H,6-7,16H2,(H,17,21). The average Bonchev–Trinajstić information content (AvgIpc) is 2.84. The number of hydrogen-bond acceptors (Lipinski definition) is 5. The molecule has 2 rings (SSSR count). The minimum Gasteiger partial charge on any atom is -0.346 e. The molecule has 0 spiro atoms. The van der Waals surface area contributed by atoms with Crippen molar-refractivity contribution in [3.8, 4) is 11.4 Å². The largest absolute Gasteiger partial charge is 0.405 e. The Balaban J connectivity index is 1.95. The normalized spacial score (nSPS) is 11.4. The summed E-state index contributed by atoms with van der Waals surface area (Å²) < 4.78 is 37.1. The van der Waals surface area contributed by atoms with Crippen molar-refractivity contribution >= 4 is 17.7 Å². The van der Waals surface area contributed by atoms with E-state index in [4.69, 9.17) is 5.84 Å². The lowest BCUT2D eigenvalue weighted by Crippen LogP contribution is -2.34. The number of rotatable bonds is 5. The topological polar surface area (TPSA) is 85.8 Å². The molecule has 1 aromatic carbocycles. The highest BCUT2D eigenvalue weighted by Crippen LogP contribution is 2.21. The first-order valence-corrected chi connectivity index (χ1v) is 7.07. The number of benzene rings is 1. The molecule has 2 aromatic rings. The van der Waals surface area contributed by atoms with Crippen LogP contribution in [0.4, 0.5) is 13.2 Å². The second-order valence-corrected chi connectivity index (χ2v) is 5.17. The molecule has 0 aliphatic carbocycles. The molecule has 0 saturated heterocycles. The summed E-state index contributed by atoms with van der Waals surface area (Å²) in [6.45, 7) is -1.36. The maximum Gasteiger partial charge on any atom is 0.405 e. The van der Waals surface area contributed by atoms with E-state index in [1.807, 2.05) is 6.07 Å². The molecular weight excluding hydrogens is 319 g/mol. The van der Waals surface area contributed by atoms with Gasteiger partial charge in [-0.25, -0.2) is 4.68 Å². The number of aromatic nitrogens is 3. The summed E-state index contributed by atoms with van der Waals surface area (Å²) in [6.07, 6.45) is -4.44. The van der Waals surface area contributed by atoms with Gasteiger partial charge < -0.3 is 11.2 Å². The van der Waals surface area contributed by atoms with Crippen LogP contribution in [0.2, 0.25) is 0 Å². The lowest BCUT2D eigenvalue weighted by Gasteiger charge is -2.07. The molecule has 1 heterocycles. The number of alkyl halides is 3. The van der Waals surface area contributed by atoms with Crippen LogP contribution < -0.4 is 11.2 Å². The molecule has 0 fully saturated rings. The predicted molar refractivity (Wildman–Crippen MR) is 75.4 cm³/mol. The second-order valence-electron chi connectivity index (χ2n) is 4.22. The van der Waals surface area contributed by atoms with Gasteiger partial charge in [0.1, 0.15) is 6.54 Å². The van der Waals surface area contributed by atoms with Crippen LogP contribution in [0.1, 0.15) is 0 Å². The number of hydrogen-bond donors (Lipinski definition) is 2. The Hall–Kier alpha value is -2.23. The second kappa shape index (κ2) is 6.69. The zero-order valence-corrected chi connectivity index (χ0v) is 12.0. The molecule has 118 valence electrons. The van der Waals surface area contributed by atoms with E-state index in [2.05, 4.69) is 10.2 Å². The zero-order valence-electron chi connectivity index (χ0n) is 11.2. The van der Waals surface area contributed by atoms with E-state index in [1.165, 1.54) is 4.68 Å². The number of nitrogen functional groups attached to an aromatic ring is 1. The van der Waals surface area contributed by atoms with E-state index in [-0.39, 0.29) is 10.9 Å². The summed E-state index contributed by atoms with van der Waals surface area (Å²) in [6, 6.07) is 9.03. The number of nitrogens with two attached hydrogens (primary N) is 1. The lowest BCUT2D eigenvalue weighted by atomic mass is 10.2. The molecule has 6 nitrogen and oxygen atoms in total. The van der Waals surface area contributed by atoms with Gasteiger partial charge in [0.05, 0.1) is 5.75 Å². The molecule has 0 aliphatic heterocycles. The van der Waals surface area contributed by atoms with Gasteiger partial charge in [-0.3, -0.25) is 4.79 Å². The Morgan fingerprint density at radius 1 is 1.27 bits per heavy atom. The summed E-state index contributed by atoms with van der Waals surface area (Å²) in [4.78, 5) is 11.3. The van der Waals surface area contributed by atoms with Gasteiger partial charge in [-0.2, -0.15) is 13.2 Å². The van der Waals surface area contributed by atoms with Gasteiger partial charge in [0.25, 0.3) is 0 Å². The minimum atomic E-state index is -4.44. The van der Waals surface area contributed by atoms with E-state index in [1.54, 1.807) is 29.6 Å². The summed E-state index contributed by atoms with van der Waals surface area (Å²) in [5, 5.41) is 9.73. The van der Waals surface area contributed by atoms with Crippen LogP contribution in [0.3, 0.4) is 0 Å². The summed E-state index contributed by atoms with van der Waals surface area (Å²) >= 11 is 0.906. The van der Waals surface area contributed by atoms with Crippen LogP contribution in [0, 0.1) is 0 Å². The Morgan fingerprint density at radius 3 is 2.59 bits per heavy atom.